The van der Waals surface area contributed by atoms with E-state index in [1.165, 1.54) is 0 Å². The highest BCUT2D eigenvalue weighted by atomic mass is 35.5. The zero-order valence-corrected chi connectivity index (χ0v) is 13.6. The molecule has 2 N–H and O–H groups in total. The molecule has 3 rings (SSSR count). The van der Waals surface area contributed by atoms with Crippen LogP contribution in [0.4, 0.5) is 5.69 Å². The van der Waals surface area contributed by atoms with Crippen LogP contribution in [-0.4, -0.2) is 31.5 Å². The molecule has 0 aliphatic heterocycles. The van der Waals surface area contributed by atoms with Gasteiger partial charge in [-0.3, -0.25) is 4.68 Å². The third-order valence-corrected chi connectivity index (χ3v) is 4.49. The van der Waals surface area contributed by atoms with E-state index in [9.17, 15) is 5.11 Å². The van der Waals surface area contributed by atoms with Crippen molar-refractivity contribution in [1.82, 2.24) is 14.8 Å². The van der Waals surface area contributed by atoms with Crippen molar-refractivity contribution >= 4 is 17.3 Å². The summed E-state index contributed by atoms with van der Waals surface area (Å²) in [5.41, 5.74) is 2.24. The standard InChI is InChI=1S/C16H21ClN4O/c1-16(22)6-3-11(4-7-16)19-14-9-15(17)18-10-12(14)13-5-8-21(2)20-13/h5,8-11,22H,3-4,6-7H2,1-2H3,(H,18,19). The van der Waals surface area contributed by atoms with Gasteiger partial charge in [-0.1, -0.05) is 11.6 Å². The first-order valence-corrected chi connectivity index (χ1v) is 7.95. The summed E-state index contributed by atoms with van der Waals surface area (Å²) in [6, 6.07) is 4.14. The molecular formula is C16H21ClN4O. The van der Waals surface area contributed by atoms with Crippen molar-refractivity contribution in [2.24, 2.45) is 7.05 Å². The molecular weight excluding hydrogens is 300 g/mol. The van der Waals surface area contributed by atoms with Crippen LogP contribution in [0.25, 0.3) is 11.3 Å². The minimum Gasteiger partial charge on any atom is -0.390 e. The van der Waals surface area contributed by atoms with Gasteiger partial charge in [-0.15, -0.1) is 0 Å². The molecule has 1 saturated carbocycles. The molecule has 5 nitrogen and oxygen atoms in total. The molecule has 0 saturated heterocycles. The normalized spacial score (nSPS) is 25.2. The Balaban J connectivity index is 1.82. The third kappa shape index (κ3) is 3.42. The van der Waals surface area contributed by atoms with E-state index in [0.717, 1.165) is 42.6 Å². The van der Waals surface area contributed by atoms with Crippen LogP contribution in [0, 0.1) is 0 Å². The summed E-state index contributed by atoms with van der Waals surface area (Å²) < 4.78 is 1.77. The molecule has 0 aromatic carbocycles. The summed E-state index contributed by atoms with van der Waals surface area (Å²) in [6.07, 6.45) is 7.16. The Hall–Kier alpha value is -1.59. The van der Waals surface area contributed by atoms with E-state index in [-0.39, 0.29) is 0 Å². The Kier molecular flexibility index (Phi) is 4.10. The highest BCUT2D eigenvalue weighted by molar-refractivity contribution is 6.29. The molecule has 6 heteroatoms. The molecule has 0 unspecified atom stereocenters. The summed E-state index contributed by atoms with van der Waals surface area (Å²) in [7, 11) is 1.89. The average Bonchev–Trinajstić information content (AvgIpc) is 2.88. The van der Waals surface area contributed by atoms with E-state index < -0.39 is 5.60 Å². The van der Waals surface area contributed by atoms with Crippen LogP contribution in [0.15, 0.2) is 24.5 Å². The summed E-state index contributed by atoms with van der Waals surface area (Å²) in [4.78, 5) is 4.18. The smallest absolute Gasteiger partial charge is 0.131 e. The van der Waals surface area contributed by atoms with E-state index in [2.05, 4.69) is 15.4 Å². The topological polar surface area (TPSA) is 63.0 Å². The number of hydrogen-bond acceptors (Lipinski definition) is 4. The minimum atomic E-state index is -0.530. The molecule has 0 amide bonds. The predicted molar refractivity (Wildman–Crippen MR) is 88.0 cm³/mol. The second-order valence-corrected chi connectivity index (χ2v) is 6.73. The lowest BCUT2D eigenvalue weighted by atomic mass is 9.83. The Labute approximate surface area is 135 Å². The lowest BCUT2D eigenvalue weighted by Gasteiger charge is -2.34. The molecule has 1 aliphatic carbocycles. The van der Waals surface area contributed by atoms with Gasteiger partial charge in [0.1, 0.15) is 5.15 Å². The zero-order valence-electron chi connectivity index (χ0n) is 12.9. The van der Waals surface area contributed by atoms with Crippen molar-refractivity contribution < 1.29 is 5.11 Å². The second kappa shape index (κ2) is 5.89. The lowest BCUT2D eigenvalue weighted by molar-refractivity contribution is 0.0196. The first-order valence-electron chi connectivity index (χ1n) is 7.57. The largest absolute Gasteiger partial charge is 0.390 e. The molecule has 0 radical (unpaired) electrons. The van der Waals surface area contributed by atoms with Crippen molar-refractivity contribution in [2.75, 3.05) is 5.32 Å². The Morgan fingerprint density at radius 3 is 2.77 bits per heavy atom. The first kappa shape index (κ1) is 15.3. The molecule has 2 aromatic heterocycles. The number of aryl methyl sites for hydroxylation is 1. The quantitative estimate of drug-likeness (QED) is 0.852. The number of anilines is 1. The number of aliphatic hydroxyl groups is 1. The van der Waals surface area contributed by atoms with Gasteiger partial charge in [0.2, 0.25) is 0 Å². The molecule has 1 aliphatic rings. The van der Waals surface area contributed by atoms with E-state index in [1.807, 2.05) is 32.3 Å². The fourth-order valence-corrected chi connectivity index (χ4v) is 3.07. The van der Waals surface area contributed by atoms with Gasteiger partial charge in [0.05, 0.1) is 11.3 Å². The Morgan fingerprint density at radius 2 is 2.14 bits per heavy atom. The summed E-state index contributed by atoms with van der Waals surface area (Å²) in [6.45, 7) is 1.91. The van der Waals surface area contributed by atoms with Crippen molar-refractivity contribution in [1.29, 1.82) is 0 Å². The summed E-state index contributed by atoms with van der Waals surface area (Å²) in [5.74, 6) is 0. The van der Waals surface area contributed by atoms with Crippen LogP contribution in [0.3, 0.4) is 0 Å². The van der Waals surface area contributed by atoms with Crippen LogP contribution in [0.2, 0.25) is 5.15 Å². The van der Waals surface area contributed by atoms with Crippen molar-refractivity contribution in [2.45, 2.75) is 44.2 Å². The number of aromatic nitrogens is 3. The minimum absolute atomic E-state index is 0.334. The van der Waals surface area contributed by atoms with Crippen LogP contribution in [0.5, 0.6) is 0 Å². The summed E-state index contributed by atoms with van der Waals surface area (Å²) >= 11 is 6.06. The van der Waals surface area contributed by atoms with Crippen LogP contribution in [0.1, 0.15) is 32.6 Å². The van der Waals surface area contributed by atoms with Crippen LogP contribution in [-0.2, 0) is 7.05 Å². The van der Waals surface area contributed by atoms with Crippen molar-refractivity contribution in [3.63, 3.8) is 0 Å². The number of pyridine rings is 1. The maximum absolute atomic E-state index is 10.1. The number of nitrogens with zero attached hydrogens (tertiary/aromatic N) is 3. The fourth-order valence-electron chi connectivity index (χ4n) is 2.92. The third-order valence-electron chi connectivity index (χ3n) is 4.28. The van der Waals surface area contributed by atoms with E-state index >= 15 is 0 Å². The SMILES string of the molecule is Cn1ccc(-c2cnc(Cl)cc2NC2CCC(C)(O)CC2)n1. The Morgan fingerprint density at radius 1 is 1.41 bits per heavy atom. The second-order valence-electron chi connectivity index (χ2n) is 6.34. The van der Waals surface area contributed by atoms with E-state index in [4.69, 9.17) is 11.6 Å². The van der Waals surface area contributed by atoms with Gasteiger partial charge in [-0.2, -0.15) is 5.10 Å². The molecule has 118 valence electrons. The van der Waals surface area contributed by atoms with Gasteiger partial charge in [0.15, 0.2) is 0 Å². The lowest BCUT2D eigenvalue weighted by Crippen LogP contribution is -2.35. The molecule has 2 aromatic rings. The Bertz CT molecular complexity index is 658. The van der Waals surface area contributed by atoms with Crippen molar-refractivity contribution in [3.05, 3.63) is 29.7 Å². The van der Waals surface area contributed by atoms with Crippen LogP contribution < -0.4 is 5.32 Å². The highest BCUT2D eigenvalue weighted by Crippen LogP contribution is 2.33. The van der Waals surface area contributed by atoms with Gasteiger partial charge >= 0.3 is 0 Å². The molecule has 0 bridgehead atoms. The number of halogens is 1. The number of rotatable bonds is 3. The van der Waals surface area contributed by atoms with Gasteiger partial charge in [-0.05, 0) is 44.7 Å². The van der Waals surface area contributed by atoms with Crippen LogP contribution >= 0.6 is 11.6 Å². The van der Waals surface area contributed by atoms with E-state index in [0.29, 0.717) is 11.2 Å². The molecule has 0 atom stereocenters. The van der Waals surface area contributed by atoms with Gasteiger partial charge in [-0.25, -0.2) is 4.98 Å². The van der Waals surface area contributed by atoms with Gasteiger partial charge in [0, 0.05) is 36.7 Å². The number of nitrogens with one attached hydrogen (secondary N) is 1. The van der Waals surface area contributed by atoms with Gasteiger partial charge < -0.3 is 10.4 Å². The molecule has 22 heavy (non-hydrogen) atoms. The predicted octanol–water partition coefficient (Wildman–Crippen LogP) is 3.24. The summed E-state index contributed by atoms with van der Waals surface area (Å²) in [5, 5.41) is 18.5. The molecule has 0 spiro atoms. The maximum Gasteiger partial charge on any atom is 0.131 e. The molecule has 2 heterocycles. The monoisotopic (exact) mass is 320 g/mol. The van der Waals surface area contributed by atoms with Crippen molar-refractivity contribution in [3.8, 4) is 11.3 Å². The highest BCUT2D eigenvalue weighted by Gasteiger charge is 2.29. The molecule has 1 fully saturated rings. The fraction of sp³-hybridized carbons (Fsp3) is 0.500. The van der Waals surface area contributed by atoms with E-state index in [1.54, 1.807) is 10.9 Å². The first-order chi connectivity index (χ1) is 10.4. The van der Waals surface area contributed by atoms with Gasteiger partial charge in [0.25, 0.3) is 0 Å². The zero-order chi connectivity index (χ0) is 15.7. The maximum atomic E-state index is 10.1. The average molecular weight is 321 g/mol. The number of hydrogen-bond donors (Lipinski definition) is 2.